The average molecular weight is 333 g/mol. The molecule has 2 N–H and O–H groups in total. The van der Waals surface area contributed by atoms with Crippen LogP contribution in [0.25, 0.3) is 0 Å². The van der Waals surface area contributed by atoms with E-state index in [0.29, 0.717) is 4.99 Å². The van der Waals surface area contributed by atoms with Crippen LogP contribution in [0.5, 0.6) is 0 Å². The van der Waals surface area contributed by atoms with Crippen molar-refractivity contribution in [1.82, 2.24) is 14.7 Å². The number of rotatable bonds is 6. The van der Waals surface area contributed by atoms with E-state index in [-0.39, 0.29) is 5.92 Å². The number of hydrogen-bond donors (Lipinski definition) is 1. The predicted molar refractivity (Wildman–Crippen MR) is 82.6 cm³/mol. The summed E-state index contributed by atoms with van der Waals surface area (Å²) < 4.78 is 3.05. The zero-order valence-electron chi connectivity index (χ0n) is 11.4. The van der Waals surface area contributed by atoms with Crippen LogP contribution in [-0.4, -0.2) is 33.3 Å². The molecule has 1 atom stereocenters. The lowest BCUT2D eigenvalue weighted by atomic mass is 10.1. The molecule has 0 fully saturated rings. The summed E-state index contributed by atoms with van der Waals surface area (Å²) in [5, 5.41) is 4.49. The smallest absolute Gasteiger partial charge is 0.0768 e. The highest BCUT2D eigenvalue weighted by Crippen LogP contribution is 2.22. The fourth-order valence-electron chi connectivity index (χ4n) is 1.87. The number of nitrogens with two attached hydrogens (primary N) is 1. The van der Waals surface area contributed by atoms with E-state index < -0.39 is 0 Å². The SMILES string of the molecule is CCc1nn(C)c(CN(C)CC(C)C(N)=S)c1Br. The molecule has 0 bridgehead atoms. The molecule has 0 saturated heterocycles. The van der Waals surface area contributed by atoms with Gasteiger partial charge in [0.25, 0.3) is 0 Å². The van der Waals surface area contributed by atoms with Crippen LogP contribution in [-0.2, 0) is 20.0 Å². The first kappa shape index (κ1) is 15.6. The van der Waals surface area contributed by atoms with Crippen LogP contribution in [0, 0.1) is 5.92 Å². The average Bonchev–Trinajstić information content (AvgIpc) is 2.56. The topological polar surface area (TPSA) is 47.1 Å². The van der Waals surface area contributed by atoms with E-state index in [1.54, 1.807) is 0 Å². The number of halogens is 1. The zero-order chi connectivity index (χ0) is 13.9. The van der Waals surface area contributed by atoms with Crippen LogP contribution >= 0.6 is 28.1 Å². The van der Waals surface area contributed by atoms with Gasteiger partial charge in [-0.15, -0.1) is 0 Å². The summed E-state index contributed by atoms with van der Waals surface area (Å²) in [6.07, 6.45) is 0.932. The second-order valence-electron chi connectivity index (χ2n) is 4.68. The maximum Gasteiger partial charge on any atom is 0.0768 e. The highest BCUT2D eigenvalue weighted by molar-refractivity contribution is 9.10. The second-order valence-corrected chi connectivity index (χ2v) is 5.95. The van der Waals surface area contributed by atoms with Crippen LogP contribution in [0.4, 0.5) is 0 Å². The van der Waals surface area contributed by atoms with Gasteiger partial charge in [-0.05, 0) is 29.4 Å². The van der Waals surface area contributed by atoms with Crippen molar-refractivity contribution < 1.29 is 0 Å². The van der Waals surface area contributed by atoms with E-state index >= 15 is 0 Å². The summed E-state index contributed by atoms with van der Waals surface area (Å²) in [7, 11) is 4.05. The highest BCUT2D eigenvalue weighted by Gasteiger charge is 2.16. The standard InChI is InChI=1S/C12H21BrN4S/c1-5-9-11(13)10(17(4)15-9)7-16(3)6-8(2)12(14)18/h8H,5-7H2,1-4H3,(H2,14,18). The van der Waals surface area contributed by atoms with Crippen molar-refractivity contribution >= 4 is 33.1 Å². The van der Waals surface area contributed by atoms with Gasteiger partial charge in [0.15, 0.2) is 0 Å². The first-order valence-corrected chi connectivity index (χ1v) is 7.25. The molecule has 0 aliphatic rings. The molecule has 18 heavy (non-hydrogen) atoms. The van der Waals surface area contributed by atoms with Crippen molar-refractivity contribution in [3.8, 4) is 0 Å². The van der Waals surface area contributed by atoms with Crippen molar-refractivity contribution in [1.29, 1.82) is 0 Å². The molecule has 0 amide bonds. The molecule has 1 heterocycles. The molecule has 0 spiro atoms. The Morgan fingerprint density at radius 3 is 2.67 bits per heavy atom. The predicted octanol–water partition coefficient (Wildman–Crippen LogP) is 2.10. The number of aryl methyl sites for hydroxylation is 2. The summed E-state index contributed by atoms with van der Waals surface area (Å²) in [6, 6.07) is 0. The fraction of sp³-hybridized carbons (Fsp3) is 0.667. The summed E-state index contributed by atoms with van der Waals surface area (Å²) in [6.45, 7) is 5.84. The van der Waals surface area contributed by atoms with E-state index in [4.69, 9.17) is 18.0 Å². The third-order valence-corrected chi connectivity index (χ3v) is 4.31. The van der Waals surface area contributed by atoms with Gasteiger partial charge >= 0.3 is 0 Å². The lowest BCUT2D eigenvalue weighted by Gasteiger charge is -2.20. The minimum atomic E-state index is 0.225. The molecule has 1 aromatic heterocycles. The lowest BCUT2D eigenvalue weighted by Crippen LogP contribution is -2.31. The summed E-state index contributed by atoms with van der Waals surface area (Å²) in [5.74, 6) is 0.225. The summed E-state index contributed by atoms with van der Waals surface area (Å²) in [5.41, 5.74) is 7.93. The monoisotopic (exact) mass is 332 g/mol. The van der Waals surface area contributed by atoms with E-state index in [1.165, 1.54) is 5.69 Å². The molecule has 102 valence electrons. The quantitative estimate of drug-likeness (QED) is 0.810. The van der Waals surface area contributed by atoms with Crippen molar-refractivity contribution in [3.63, 3.8) is 0 Å². The minimum Gasteiger partial charge on any atom is -0.393 e. The van der Waals surface area contributed by atoms with Crippen molar-refractivity contribution in [2.75, 3.05) is 13.6 Å². The Balaban J connectivity index is 2.73. The first-order valence-electron chi connectivity index (χ1n) is 6.04. The number of thiocarbonyl (C=S) groups is 1. The summed E-state index contributed by atoms with van der Waals surface area (Å²) >= 11 is 8.63. The summed E-state index contributed by atoms with van der Waals surface area (Å²) in [4.78, 5) is 2.78. The fourth-order valence-corrected chi connectivity index (χ4v) is 2.69. The highest BCUT2D eigenvalue weighted by atomic mass is 79.9. The van der Waals surface area contributed by atoms with Crippen LogP contribution < -0.4 is 5.73 Å². The van der Waals surface area contributed by atoms with Gasteiger partial charge in [0.05, 0.1) is 20.8 Å². The Morgan fingerprint density at radius 1 is 1.61 bits per heavy atom. The third kappa shape index (κ3) is 3.76. The van der Waals surface area contributed by atoms with Gasteiger partial charge in [0.1, 0.15) is 0 Å². The number of aromatic nitrogens is 2. The Morgan fingerprint density at radius 2 is 2.22 bits per heavy atom. The Bertz CT molecular complexity index is 430. The minimum absolute atomic E-state index is 0.225. The largest absolute Gasteiger partial charge is 0.393 e. The molecule has 0 aliphatic heterocycles. The van der Waals surface area contributed by atoms with Crippen molar-refractivity contribution in [3.05, 3.63) is 15.9 Å². The molecule has 0 aliphatic carbocycles. The molecular formula is C12H21BrN4S. The van der Waals surface area contributed by atoms with Crippen molar-refractivity contribution in [2.24, 2.45) is 18.7 Å². The van der Waals surface area contributed by atoms with Crippen LogP contribution in [0.2, 0.25) is 0 Å². The van der Waals surface area contributed by atoms with Gasteiger partial charge in [0, 0.05) is 26.1 Å². The maximum absolute atomic E-state index is 5.64. The second kappa shape index (κ2) is 6.63. The Labute approximate surface area is 123 Å². The van der Waals surface area contributed by atoms with Gasteiger partial charge < -0.3 is 5.73 Å². The maximum atomic E-state index is 5.64. The molecule has 4 nitrogen and oxygen atoms in total. The lowest BCUT2D eigenvalue weighted by molar-refractivity contribution is 0.299. The van der Waals surface area contributed by atoms with Crippen LogP contribution in [0.3, 0.4) is 0 Å². The van der Waals surface area contributed by atoms with E-state index in [2.05, 4.69) is 46.8 Å². The molecule has 1 unspecified atom stereocenters. The Hall–Kier alpha value is -0.460. The third-order valence-electron chi connectivity index (χ3n) is 2.99. The normalized spacial score (nSPS) is 13.0. The molecule has 6 heteroatoms. The Kier molecular flexibility index (Phi) is 5.75. The molecular weight excluding hydrogens is 312 g/mol. The van der Waals surface area contributed by atoms with Gasteiger partial charge in [-0.1, -0.05) is 26.1 Å². The number of hydrogen-bond acceptors (Lipinski definition) is 3. The molecule has 0 aromatic carbocycles. The van der Waals surface area contributed by atoms with Gasteiger partial charge in [-0.3, -0.25) is 9.58 Å². The molecule has 1 aromatic rings. The molecule has 0 radical (unpaired) electrons. The molecule has 0 saturated carbocycles. The van der Waals surface area contributed by atoms with E-state index in [0.717, 1.165) is 29.7 Å². The van der Waals surface area contributed by atoms with Gasteiger partial charge in [-0.25, -0.2) is 0 Å². The van der Waals surface area contributed by atoms with Gasteiger partial charge in [0.2, 0.25) is 0 Å². The van der Waals surface area contributed by atoms with Crippen molar-refractivity contribution in [2.45, 2.75) is 26.8 Å². The van der Waals surface area contributed by atoms with Gasteiger partial charge in [-0.2, -0.15) is 5.10 Å². The first-order chi connectivity index (χ1) is 8.36. The van der Waals surface area contributed by atoms with Crippen LogP contribution in [0.1, 0.15) is 25.2 Å². The van der Waals surface area contributed by atoms with E-state index in [9.17, 15) is 0 Å². The zero-order valence-corrected chi connectivity index (χ0v) is 13.8. The number of nitrogens with zero attached hydrogens (tertiary/aromatic N) is 3. The molecule has 1 rings (SSSR count). The van der Waals surface area contributed by atoms with Crippen LogP contribution in [0.15, 0.2) is 4.47 Å². The van der Waals surface area contributed by atoms with E-state index in [1.807, 2.05) is 11.7 Å².